The largest absolute Gasteiger partial charge is 0.312 e. The predicted octanol–water partition coefficient (Wildman–Crippen LogP) is 15.5. The van der Waals surface area contributed by atoms with Gasteiger partial charge in [0.1, 0.15) is 0 Å². The van der Waals surface area contributed by atoms with Crippen LogP contribution in [0.25, 0.3) is 10.4 Å². The number of hydrazone groups is 1. The van der Waals surface area contributed by atoms with Gasteiger partial charge in [-0.2, -0.15) is 5.10 Å². The van der Waals surface area contributed by atoms with E-state index in [-0.39, 0.29) is 66.8 Å². The van der Waals surface area contributed by atoms with Crippen LogP contribution in [0.1, 0.15) is 195 Å². The molecule has 0 aliphatic carbocycles. The van der Waals surface area contributed by atoms with Gasteiger partial charge in [0.05, 0.1) is 19.0 Å². The summed E-state index contributed by atoms with van der Waals surface area (Å²) in [7, 11) is 3.69. The van der Waals surface area contributed by atoms with Crippen molar-refractivity contribution >= 4 is 11.4 Å². The van der Waals surface area contributed by atoms with Crippen molar-refractivity contribution in [3.63, 3.8) is 0 Å². The van der Waals surface area contributed by atoms with Crippen LogP contribution in [-0.2, 0) is 0 Å². The predicted molar refractivity (Wildman–Crippen MR) is 225 cm³/mol. The number of nitrogens with zero attached hydrogens (tertiary/aromatic N) is 5. The highest BCUT2D eigenvalue weighted by atomic mass is 15.5. The molecule has 2 heterocycles. The van der Waals surface area contributed by atoms with Crippen LogP contribution in [0.5, 0.6) is 0 Å². The van der Waals surface area contributed by atoms with Gasteiger partial charge in [-0.25, -0.2) is 0 Å². The maximum absolute atomic E-state index is 4.68. The maximum Gasteiger partial charge on any atom is 0.267 e. The number of hydrogen-bond donors (Lipinski definition) is 0. The van der Waals surface area contributed by atoms with Gasteiger partial charge in [-0.3, -0.25) is 10.0 Å². The molecule has 0 saturated carbocycles. The van der Waals surface area contributed by atoms with Gasteiger partial charge in [0, 0.05) is 29.8 Å². The molecular formula is C40H97N5. The Bertz CT molecular complexity index is 758. The summed E-state index contributed by atoms with van der Waals surface area (Å²) in [6, 6.07) is 3.60. The lowest BCUT2D eigenvalue weighted by molar-refractivity contribution is 0.179. The molecule has 0 fully saturated rings. The molecule has 5 atom stereocenters. The quantitative estimate of drug-likeness (QED) is 0.209. The fourth-order valence-electron chi connectivity index (χ4n) is 5.49. The highest BCUT2D eigenvalue weighted by Gasteiger charge is 2.43. The van der Waals surface area contributed by atoms with Crippen LogP contribution in [0.4, 0.5) is 0 Å². The first-order valence-electron chi connectivity index (χ1n) is 14.3. The van der Waals surface area contributed by atoms with Gasteiger partial charge in [0.15, 0.2) is 0 Å². The summed E-state index contributed by atoms with van der Waals surface area (Å²) < 4.78 is 0. The van der Waals surface area contributed by atoms with E-state index in [1.807, 2.05) is 0 Å². The van der Waals surface area contributed by atoms with E-state index in [1.54, 1.807) is 14.0 Å². The van der Waals surface area contributed by atoms with Crippen molar-refractivity contribution in [1.82, 2.24) is 5.01 Å². The van der Waals surface area contributed by atoms with Crippen LogP contribution in [0, 0.1) is 22.8 Å². The van der Waals surface area contributed by atoms with E-state index in [1.165, 1.54) is 55.5 Å². The minimum Gasteiger partial charge on any atom is -0.312 e. The zero-order valence-electron chi connectivity index (χ0n) is 26.8. The smallest absolute Gasteiger partial charge is 0.267 e. The molecule has 0 N–H and O–H groups in total. The first kappa shape index (κ1) is 74.2. The Morgan fingerprint density at radius 3 is 1.56 bits per heavy atom. The van der Waals surface area contributed by atoms with E-state index in [4.69, 9.17) is 0 Å². The summed E-state index contributed by atoms with van der Waals surface area (Å²) in [5, 5.41) is 6.64. The summed E-state index contributed by atoms with van der Waals surface area (Å²) in [5.41, 5.74) is 8.27. The minimum absolute atomic E-state index is 0. The van der Waals surface area contributed by atoms with Crippen molar-refractivity contribution in [2.45, 2.75) is 207 Å². The fourth-order valence-corrected chi connectivity index (χ4v) is 5.49. The molecule has 282 valence electrons. The summed E-state index contributed by atoms with van der Waals surface area (Å²) >= 11 is 0. The summed E-state index contributed by atoms with van der Waals surface area (Å²) in [5.74, 6) is 0.720. The van der Waals surface area contributed by atoms with Crippen LogP contribution in [0.3, 0.4) is 0 Å². The third kappa shape index (κ3) is 22.4. The molecule has 0 aromatic rings. The molecule has 5 unspecified atom stereocenters. The molecule has 5 heteroatoms. The first-order chi connectivity index (χ1) is 16.8. The van der Waals surface area contributed by atoms with Crippen LogP contribution in [0.2, 0.25) is 0 Å². The Morgan fingerprint density at radius 2 is 1.36 bits per heavy atom. The highest BCUT2D eigenvalue weighted by Crippen LogP contribution is 2.44. The summed E-state index contributed by atoms with van der Waals surface area (Å²) in [4.78, 5) is 8.03. The molecule has 0 amide bonds. The van der Waals surface area contributed by atoms with E-state index in [0.717, 1.165) is 5.92 Å². The molecule has 45 heavy (non-hydrogen) atoms. The van der Waals surface area contributed by atoms with E-state index < -0.39 is 0 Å². The van der Waals surface area contributed by atoms with Crippen molar-refractivity contribution in [3.05, 3.63) is 22.0 Å². The third-order valence-electron chi connectivity index (χ3n) is 8.57. The highest BCUT2D eigenvalue weighted by molar-refractivity contribution is 5.89. The molecule has 0 aromatic heterocycles. The Morgan fingerprint density at radius 1 is 0.889 bits per heavy atom. The van der Waals surface area contributed by atoms with Gasteiger partial charge in [-0.05, 0) is 71.6 Å². The van der Waals surface area contributed by atoms with Crippen molar-refractivity contribution in [1.29, 1.82) is 0 Å². The summed E-state index contributed by atoms with van der Waals surface area (Å²) in [6.07, 6.45) is 9.50. The second-order valence-corrected chi connectivity index (χ2v) is 10.6. The number of hydrogen-bond acceptors (Lipinski definition) is 3. The molecule has 0 radical (unpaired) electrons. The Hall–Kier alpha value is -1.83. The average molecular weight is 648 g/mol. The molecular weight excluding hydrogens is 550 g/mol. The SMILES string of the molecule is C.C.C.C.C.C.C.C.C.CC#[N+][N-]C.CC/C=C(/C)CC.CCC1C(C)=NC(C)C1(C)CC.CCC1N(C)N=C(C)C1(C)CC. The molecule has 0 bridgehead atoms. The third-order valence-corrected chi connectivity index (χ3v) is 8.57. The molecule has 2 aliphatic rings. The van der Waals surface area contributed by atoms with Gasteiger partial charge in [0.25, 0.3) is 6.07 Å². The molecule has 0 aromatic carbocycles. The van der Waals surface area contributed by atoms with Crippen molar-refractivity contribution < 1.29 is 0 Å². The monoisotopic (exact) mass is 648 g/mol. The van der Waals surface area contributed by atoms with Crippen molar-refractivity contribution in [2.24, 2.45) is 26.8 Å². The van der Waals surface area contributed by atoms with Gasteiger partial charge < -0.3 is 5.43 Å². The lowest BCUT2D eigenvalue weighted by atomic mass is 9.70. The van der Waals surface area contributed by atoms with Gasteiger partial charge in [-0.15, -0.1) is 4.95 Å². The standard InChI is InChI=1S/C11H21N.C10H20N2.C7H14.C3H6N2.9CH4/c1-6-10-8(3)12-9(4)11(10,5)7-2;1-6-9-10(4,7-2)8(3)11-12(9)5;1-4-6-7(3)5-2;1-3-5-4-2;;;;;;;;;/h9-10H,6-7H2,1-5H3;9H,6-7H2,1-5H3;6H,4-5H2,1-3H3;1-2H3;9*1H4/b;;7-6-;;;;;;;;;;. The van der Waals surface area contributed by atoms with Gasteiger partial charge in [0.2, 0.25) is 0 Å². The molecule has 5 nitrogen and oxygen atoms in total. The molecule has 2 rings (SSSR count). The molecule has 0 spiro atoms. The average Bonchev–Trinajstić information content (AvgIpc) is 3.21. The Labute approximate surface area is 292 Å². The Kier molecular flexibility index (Phi) is 63.2. The van der Waals surface area contributed by atoms with E-state index >= 15 is 0 Å². The van der Waals surface area contributed by atoms with E-state index in [9.17, 15) is 0 Å². The topological polar surface area (TPSA) is 46.4 Å². The maximum atomic E-state index is 4.68. The number of allylic oxidation sites excluding steroid dienone is 2. The first-order valence-corrected chi connectivity index (χ1v) is 14.3. The molecule has 2 aliphatic heterocycles. The summed E-state index contributed by atoms with van der Waals surface area (Å²) in [6.45, 7) is 28.6. The van der Waals surface area contributed by atoms with Crippen LogP contribution in [-0.4, -0.2) is 42.6 Å². The van der Waals surface area contributed by atoms with E-state index in [0.29, 0.717) is 22.9 Å². The minimum atomic E-state index is 0. The van der Waals surface area contributed by atoms with Crippen molar-refractivity contribution in [3.8, 4) is 6.07 Å². The zero-order valence-corrected chi connectivity index (χ0v) is 26.8. The normalized spacial score (nSPS) is 23.0. The fraction of sp³-hybridized carbons (Fsp3) is 0.875. The second-order valence-electron chi connectivity index (χ2n) is 10.6. The van der Waals surface area contributed by atoms with Gasteiger partial charge >= 0.3 is 0 Å². The number of aliphatic imine (C=N–C) groups is 1. The van der Waals surface area contributed by atoms with Crippen LogP contribution >= 0.6 is 0 Å². The lowest BCUT2D eigenvalue weighted by Gasteiger charge is -2.33. The van der Waals surface area contributed by atoms with Crippen LogP contribution in [0.15, 0.2) is 21.7 Å². The lowest BCUT2D eigenvalue weighted by Crippen LogP contribution is -2.38. The zero-order chi connectivity index (χ0) is 28.5. The Balaban J connectivity index is -0.0000000372. The molecule has 0 saturated heterocycles. The van der Waals surface area contributed by atoms with E-state index in [2.05, 4.69) is 128 Å². The van der Waals surface area contributed by atoms with Gasteiger partial charge in [-0.1, -0.05) is 141 Å². The number of rotatable bonds is 6. The second kappa shape index (κ2) is 38.4. The van der Waals surface area contributed by atoms with Crippen LogP contribution < -0.4 is 0 Å². The van der Waals surface area contributed by atoms with Crippen molar-refractivity contribution in [2.75, 3.05) is 14.1 Å².